The molecule has 4 heterocycles. The number of methoxy groups -OCH3 is 1. The van der Waals surface area contributed by atoms with E-state index in [9.17, 15) is 9.90 Å². The van der Waals surface area contributed by atoms with Crippen molar-refractivity contribution in [3.63, 3.8) is 0 Å². The maximum Gasteiger partial charge on any atom is 0.255 e. The van der Waals surface area contributed by atoms with Crippen molar-refractivity contribution in [2.24, 2.45) is 0 Å². The molecule has 186 valence electrons. The number of carbonyl (C=O) groups excluding carboxylic acids is 1. The van der Waals surface area contributed by atoms with Crippen LogP contribution in [0.3, 0.4) is 0 Å². The summed E-state index contributed by atoms with van der Waals surface area (Å²) in [6.07, 6.45) is 10.6. The molecule has 9 heteroatoms. The first-order valence-electron chi connectivity index (χ1n) is 12.6. The highest BCUT2D eigenvalue weighted by molar-refractivity contribution is 5.96. The van der Waals surface area contributed by atoms with Gasteiger partial charge in [0.25, 0.3) is 5.91 Å². The number of nitrogens with one attached hydrogen (secondary N) is 1. The van der Waals surface area contributed by atoms with E-state index in [2.05, 4.69) is 21.4 Å². The number of pyridine rings is 1. The number of ether oxygens (including phenoxy) is 1. The van der Waals surface area contributed by atoms with Crippen molar-refractivity contribution in [1.82, 2.24) is 24.5 Å². The van der Waals surface area contributed by atoms with Gasteiger partial charge in [0.05, 0.1) is 30.0 Å². The average molecular weight is 479 g/mol. The van der Waals surface area contributed by atoms with Crippen LogP contribution in [0, 0.1) is 0 Å². The van der Waals surface area contributed by atoms with Crippen LogP contribution in [0.4, 0.5) is 5.95 Å². The summed E-state index contributed by atoms with van der Waals surface area (Å²) in [5.74, 6) is 0.871. The Hall–Kier alpha value is -3.04. The highest BCUT2D eigenvalue weighted by Gasteiger charge is 2.26. The minimum Gasteiger partial charge on any atom is -0.393 e. The average Bonchev–Trinajstić information content (AvgIpc) is 3.53. The summed E-state index contributed by atoms with van der Waals surface area (Å²) in [5.41, 5.74) is 4.43. The molecule has 2 fully saturated rings. The summed E-state index contributed by atoms with van der Waals surface area (Å²) in [4.78, 5) is 23.9. The van der Waals surface area contributed by atoms with E-state index in [-0.39, 0.29) is 18.1 Å². The van der Waals surface area contributed by atoms with Crippen LogP contribution >= 0.6 is 0 Å². The van der Waals surface area contributed by atoms with Crippen LogP contribution in [0.25, 0.3) is 16.6 Å². The maximum absolute atomic E-state index is 13.0. The number of anilines is 1. The van der Waals surface area contributed by atoms with Crippen LogP contribution in [0.15, 0.2) is 30.7 Å². The Bertz CT molecular complexity index is 1180. The molecular formula is C26H34N6O3. The summed E-state index contributed by atoms with van der Waals surface area (Å²) in [7, 11) is 1.67. The number of aliphatic hydroxyl groups excluding tert-OH is 1. The normalized spacial score (nSPS) is 21.4. The highest BCUT2D eigenvalue weighted by atomic mass is 16.5. The molecule has 3 aromatic heterocycles. The van der Waals surface area contributed by atoms with Gasteiger partial charge in [-0.3, -0.25) is 9.78 Å². The number of aliphatic hydroxyl groups is 1. The molecule has 2 N–H and O–H groups in total. The van der Waals surface area contributed by atoms with Crippen molar-refractivity contribution in [3.05, 3.63) is 42.0 Å². The third kappa shape index (κ3) is 5.01. The van der Waals surface area contributed by atoms with Gasteiger partial charge in [-0.25, -0.2) is 9.50 Å². The lowest BCUT2D eigenvalue weighted by Gasteiger charge is -2.25. The fourth-order valence-electron chi connectivity index (χ4n) is 5.29. The van der Waals surface area contributed by atoms with Gasteiger partial charge < -0.3 is 20.1 Å². The fourth-order valence-corrected chi connectivity index (χ4v) is 5.29. The van der Waals surface area contributed by atoms with Gasteiger partial charge >= 0.3 is 0 Å². The van der Waals surface area contributed by atoms with E-state index in [0.29, 0.717) is 24.0 Å². The number of nitrogens with zero attached hydrogens (tertiary/aromatic N) is 5. The number of carbonyl (C=O) groups is 1. The molecule has 1 aliphatic carbocycles. The number of hydrogen-bond donors (Lipinski definition) is 2. The number of fused-ring (bicyclic) bond motifs is 1. The fraction of sp³-hybridized carbons (Fsp3) is 0.538. The Morgan fingerprint density at radius 1 is 1.17 bits per heavy atom. The molecule has 1 saturated carbocycles. The van der Waals surface area contributed by atoms with E-state index in [1.165, 1.54) is 0 Å². The van der Waals surface area contributed by atoms with Crippen LogP contribution in [-0.4, -0.2) is 74.4 Å². The maximum atomic E-state index is 13.0. The summed E-state index contributed by atoms with van der Waals surface area (Å²) < 4.78 is 7.21. The third-order valence-electron chi connectivity index (χ3n) is 7.14. The molecular weight excluding hydrogens is 444 g/mol. The molecule has 1 aliphatic heterocycles. The van der Waals surface area contributed by atoms with Crippen LogP contribution in [0.1, 0.15) is 67.4 Å². The number of amides is 1. The van der Waals surface area contributed by atoms with Gasteiger partial charge in [-0.15, -0.1) is 5.10 Å². The molecule has 0 aromatic carbocycles. The number of hydrogen-bond acceptors (Lipinski definition) is 7. The summed E-state index contributed by atoms with van der Waals surface area (Å²) >= 11 is 0. The van der Waals surface area contributed by atoms with Crippen molar-refractivity contribution >= 4 is 17.4 Å². The number of aromatic nitrogens is 4. The van der Waals surface area contributed by atoms with Gasteiger partial charge in [0.1, 0.15) is 0 Å². The van der Waals surface area contributed by atoms with E-state index in [4.69, 9.17) is 9.84 Å². The Labute approximate surface area is 205 Å². The summed E-state index contributed by atoms with van der Waals surface area (Å²) in [5, 5.41) is 18.2. The molecule has 1 saturated heterocycles. The Morgan fingerprint density at radius 3 is 2.69 bits per heavy atom. The van der Waals surface area contributed by atoms with Crippen molar-refractivity contribution < 1.29 is 14.6 Å². The zero-order chi connectivity index (χ0) is 24.4. The molecule has 3 aromatic rings. The van der Waals surface area contributed by atoms with E-state index in [0.717, 1.165) is 74.0 Å². The SMILES string of the molecule is COC[C@H](C)Nc1ncc2c(-c3cncc(C(=O)N4CCCC4)c3)cc(C3CCC(O)CC3)n2n1. The summed E-state index contributed by atoms with van der Waals surface area (Å²) in [6.45, 7) is 4.19. The Kier molecular flexibility index (Phi) is 6.97. The molecule has 9 nitrogen and oxygen atoms in total. The lowest BCUT2D eigenvalue weighted by Crippen LogP contribution is -2.27. The lowest BCUT2D eigenvalue weighted by atomic mass is 9.85. The molecule has 0 spiro atoms. The van der Waals surface area contributed by atoms with Crippen molar-refractivity contribution in [3.8, 4) is 11.1 Å². The minimum atomic E-state index is -0.226. The van der Waals surface area contributed by atoms with E-state index in [1.807, 2.05) is 28.6 Å². The first-order valence-corrected chi connectivity index (χ1v) is 12.6. The topological polar surface area (TPSA) is 105 Å². The van der Waals surface area contributed by atoms with Crippen LogP contribution < -0.4 is 5.32 Å². The largest absolute Gasteiger partial charge is 0.393 e. The molecule has 5 rings (SSSR count). The standard InChI is InChI=1S/C26H34N6O3/c1-17(16-35-2)29-26-28-15-24-22(12-23(32(24)30-26)18-5-7-21(33)8-6-18)19-11-20(14-27-13-19)25(34)31-9-3-4-10-31/h11-15,17-18,21,33H,3-10,16H2,1-2H3,(H,29,30)/t17-,18?,21?/m0/s1. The third-order valence-corrected chi connectivity index (χ3v) is 7.14. The smallest absolute Gasteiger partial charge is 0.255 e. The quantitative estimate of drug-likeness (QED) is 0.536. The van der Waals surface area contributed by atoms with Crippen molar-refractivity contribution in [1.29, 1.82) is 0 Å². The molecule has 0 bridgehead atoms. The van der Waals surface area contributed by atoms with E-state index < -0.39 is 0 Å². The van der Waals surface area contributed by atoms with Crippen LogP contribution in [-0.2, 0) is 4.74 Å². The second-order valence-corrected chi connectivity index (χ2v) is 9.83. The van der Waals surface area contributed by atoms with Crippen molar-refractivity contribution in [2.45, 2.75) is 63.5 Å². The van der Waals surface area contributed by atoms with Gasteiger partial charge in [-0.05, 0) is 57.6 Å². The molecule has 1 amide bonds. The molecule has 0 unspecified atom stereocenters. The van der Waals surface area contributed by atoms with Gasteiger partial charge in [0.15, 0.2) is 0 Å². The van der Waals surface area contributed by atoms with Gasteiger partial charge in [0, 0.05) is 61.4 Å². The molecule has 35 heavy (non-hydrogen) atoms. The van der Waals surface area contributed by atoms with Crippen LogP contribution in [0.5, 0.6) is 0 Å². The van der Waals surface area contributed by atoms with Gasteiger partial charge in [0.2, 0.25) is 5.95 Å². The molecule has 2 aliphatic rings. The van der Waals surface area contributed by atoms with Gasteiger partial charge in [-0.2, -0.15) is 0 Å². The van der Waals surface area contributed by atoms with Crippen molar-refractivity contribution in [2.75, 3.05) is 32.1 Å². The second-order valence-electron chi connectivity index (χ2n) is 9.83. The Morgan fingerprint density at radius 2 is 1.94 bits per heavy atom. The first-order chi connectivity index (χ1) is 17.0. The zero-order valence-electron chi connectivity index (χ0n) is 20.5. The minimum absolute atomic E-state index is 0.0386. The molecule has 0 radical (unpaired) electrons. The monoisotopic (exact) mass is 478 g/mol. The Balaban J connectivity index is 1.54. The van der Waals surface area contributed by atoms with Gasteiger partial charge in [-0.1, -0.05) is 0 Å². The zero-order valence-corrected chi connectivity index (χ0v) is 20.5. The van der Waals surface area contributed by atoms with Crippen LogP contribution in [0.2, 0.25) is 0 Å². The second kappa shape index (κ2) is 10.3. The molecule has 1 atom stereocenters. The van der Waals surface area contributed by atoms with E-state index in [1.54, 1.807) is 19.5 Å². The number of rotatable bonds is 7. The predicted molar refractivity (Wildman–Crippen MR) is 134 cm³/mol. The first kappa shape index (κ1) is 23.7. The highest BCUT2D eigenvalue weighted by Crippen LogP contribution is 2.37. The lowest BCUT2D eigenvalue weighted by molar-refractivity contribution is 0.0792. The number of likely N-dealkylation sites (tertiary alicyclic amines) is 1. The van der Waals surface area contributed by atoms with E-state index >= 15 is 0 Å². The predicted octanol–water partition coefficient (Wildman–Crippen LogP) is 3.49. The summed E-state index contributed by atoms with van der Waals surface area (Å²) in [6, 6.07) is 4.17.